The highest BCUT2D eigenvalue weighted by molar-refractivity contribution is 6.06. The van der Waals surface area contributed by atoms with Crippen molar-refractivity contribution in [1.82, 2.24) is 9.55 Å². The number of anilines is 2. The summed E-state index contributed by atoms with van der Waals surface area (Å²) in [5.74, 6) is 0.638. The topological polar surface area (TPSA) is 59.0 Å². The molecule has 1 aromatic heterocycles. The first-order valence-electron chi connectivity index (χ1n) is 11.5. The van der Waals surface area contributed by atoms with Crippen LogP contribution in [0, 0.1) is 0 Å². The average Bonchev–Trinajstić information content (AvgIpc) is 3.21. The molecule has 1 amide bonds. The van der Waals surface area contributed by atoms with Gasteiger partial charge >= 0.3 is 0 Å². The Hall–Kier alpha value is -3.86. The SMILES string of the molecule is CCc1ccc(NC(=O)C2=C(C)Nc3nc4ccccc4n3[C@@H]2c2ccc(CC)cc2)cc1. The van der Waals surface area contributed by atoms with Crippen molar-refractivity contribution in [2.45, 2.75) is 39.7 Å². The van der Waals surface area contributed by atoms with Gasteiger partial charge in [-0.05, 0) is 60.7 Å². The smallest absolute Gasteiger partial charge is 0.255 e. The minimum absolute atomic E-state index is 0.114. The van der Waals surface area contributed by atoms with Crippen molar-refractivity contribution >= 4 is 28.6 Å². The molecule has 5 heteroatoms. The number of nitrogens with one attached hydrogen (secondary N) is 2. The quantitative estimate of drug-likeness (QED) is 0.398. The van der Waals surface area contributed by atoms with Gasteiger partial charge in [0.15, 0.2) is 0 Å². The van der Waals surface area contributed by atoms with Crippen LogP contribution in [0.3, 0.4) is 0 Å². The van der Waals surface area contributed by atoms with E-state index in [4.69, 9.17) is 4.98 Å². The Morgan fingerprint density at radius 1 is 0.939 bits per heavy atom. The number of aryl methyl sites for hydroxylation is 2. The molecule has 0 aliphatic carbocycles. The third kappa shape index (κ3) is 3.80. The zero-order chi connectivity index (χ0) is 22.9. The molecular formula is C28H28N4O. The number of hydrogen-bond acceptors (Lipinski definition) is 3. The molecule has 0 radical (unpaired) electrons. The average molecular weight is 437 g/mol. The predicted octanol–water partition coefficient (Wildman–Crippen LogP) is 6.09. The van der Waals surface area contributed by atoms with E-state index < -0.39 is 0 Å². The summed E-state index contributed by atoms with van der Waals surface area (Å²) in [6.07, 6.45) is 1.94. The van der Waals surface area contributed by atoms with Crippen molar-refractivity contribution in [2.24, 2.45) is 0 Å². The largest absolute Gasteiger partial charge is 0.329 e. The Balaban J connectivity index is 1.61. The maximum atomic E-state index is 13.7. The first kappa shape index (κ1) is 21.0. The highest BCUT2D eigenvalue weighted by Crippen LogP contribution is 2.39. The van der Waals surface area contributed by atoms with E-state index in [2.05, 4.69) is 71.5 Å². The number of para-hydroxylation sites is 2. The molecule has 33 heavy (non-hydrogen) atoms. The Labute approximate surface area is 194 Å². The summed E-state index contributed by atoms with van der Waals surface area (Å²) >= 11 is 0. The maximum absolute atomic E-state index is 13.7. The second-order valence-corrected chi connectivity index (χ2v) is 8.46. The summed E-state index contributed by atoms with van der Waals surface area (Å²) in [4.78, 5) is 18.5. The molecule has 166 valence electrons. The van der Waals surface area contributed by atoms with Crippen LogP contribution in [0.25, 0.3) is 11.0 Å². The number of hydrogen-bond donors (Lipinski definition) is 2. The molecule has 3 aromatic carbocycles. The van der Waals surface area contributed by atoms with Crippen molar-refractivity contribution < 1.29 is 4.79 Å². The van der Waals surface area contributed by atoms with Gasteiger partial charge in [-0.25, -0.2) is 4.98 Å². The molecule has 1 aliphatic heterocycles. The number of aromatic nitrogens is 2. The molecule has 1 atom stereocenters. The van der Waals surface area contributed by atoms with Gasteiger partial charge in [-0.15, -0.1) is 0 Å². The van der Waals surface area contributed by atoms with Crippen molar-refractivity contribution in [3.05, 3.63) is 101 Å². The van der Waals surface area contributed by atoms with E-state index in [0.29, 0.717) is 5.57 Å². The lowest BCUT2D eigenvalue weighted by Gasteiger charge is -2.31. The Morgan fingerprint density at radius 3 is 2.24 bits per heavy atom. The summed E-state index contributed by atoms with van der Waals surface area (Å²) in [7, 11) is 0. The molecule has 0 bridgehead atoms. The number of carbonyl (C=O) groups excluding carboxylic acids is 1. The number of carbonyl (C=O) groups is 1. The van der Waals surface area contributed by atoms with Gasteiger partial charge in [-0.3, -0.25) is 9.36 Å². The summed E-state index contributed by atoms with van der Waals surface area (Å²) in [6.45, 7) is 6.22. The number of allylic oxidation sites excluding steroid dienone is 1. The Bertz CT molecular complexity index is 1350. The van der Waals surface area contributed by atoms with Crippen LogP contribution < -0.4 is 10.6 Å². The first-order valence-corrected chi connectivity index (χ1v) is 11.5. The molecule has 0 spiro atoms. The van der Waals surface area contributed by atoms with E-state index in [-0.39, 0.29) is 11.9 Å². The molecule has 0 saturated heterocycles. The lowest BCUT2D eigenvalue weighted by atomic mass is 9.93. The van der Waals surface area contributed by atoms with Crippen LogP contribution in [0.2, 0.25) is 0 Å². The van der Waals surface area contributed by atoms with Crippen LogP contribution in [0.15, 0.2) is 84.1 Å². The monoisotopic (exact) mass is 436 g/mol. The molecule has 4 aromatic rings. The number of benzene rings is 3. The van der Waals surface area contributed by atoms with Gasteiger partial charge in [0.05, 0.1) is 22.6 Å². The van der Waals surface area contributed by atoms with Crippen molar-refractivity contribution in [3.8, 4) is 0 Å². The van der Waals surface area contributed by atoms with E-state index in [9.17, 15) is 4.79 Å². The summed E-state index contributed by atoms with van der Waals surface area (Å²) in [5.41, 5.74) is 7.76. The number of fused-ring (bicyclic) bond motifs is 3. The molecule has 0 saturated carbocycles. The highest BCUT2D eigenvalue weighted by atomic mass is 16.1. The van der Waals surface area contributed by atoms with Gasteiger partial charge < -0.3 is 10.6 Å². The molecule has 1 aliphatic rings. The molecule has 0 fully saturated rings. The number of nitrogens with zero attached hydrogens (tertiary/aromatic N) is 2. The zero-order valence-corrected chi connectivity index (χ0v) is 19.2. The van der Waals surface area contributed by atoms with E-state index in [0.717, 1.165) is 46.8 Å². The summed E-state index contributed by atoms with van der Waals surface area (Å²) < 4.78 is 2.14. The van der Waals surface area contributed by atoms with Crippen LogP contribution in [-0.2, 0) is 17.6 Å². The summed E-state index contributed by atoms with van der Waals surface area (Å²) in [6, 6.07) is 24.4. The lowest BCUT2D eigenvalue weighted by Crippen LogP contribution is -2.30. The summed E-state index contributed by atoms with van der Waals surface area (Å²) in [5, 5.41) is 6.49. The molecule has 2 heterocycles. The van der Waals surface area contributed by atoms with Crippen molar-refractivity contribution in [1.29, 1.82) is 0 Å². The number of imidazole rings is 1. The predicted molar refractivity (Wildman–Crippen MR) is 134 cm³/mol. The fourth-order valence-corrected chi connectivity index (χ4v) is 4.53. The van der Waals surface area contributed by atoms with Crippen molar-refractivity contribution in [2.75, 3.05) is 10.6 Å². The standard InChI is InChI=1S/C28H28N4O/c1-4-19-10-14-21(15-11-19)26-25(27(33)30-22-16-12-20(5-2)13-17-22)18(3)29-28-31-23-8-6-7-9-24(23)32(26)28/h6-17,26H,4-5H2,1-3H3,(H,29,31)(H,30,33)/t26-/m1/s1. The Kier molecular flexibility index (Phi) is 5.47. The van der Waals surface area contributed by atoms with E-state index in [1.54, 1.807) is 0 Å². The fourth-order valence-electron chi connectivity index (χ4n) is 4.53. The zero-order valence-electron chi connectivity index (χ0n) is 19.2. The number of amides is 1. The van der Waals surface area contributed by atoms with Gasteiger partial charge in [0, 0.05) is 11.4 Å². The van der Waals surface area contributed by atoms with Gasteiger partial charge in [-0.2, -0.15) is 0 Å². The lowest BCUT2D eigenvalue weighted by molar-refractivity contribution is -0.113. The van der Waals surface area contributed by atoms with Crippen LogP contribution in [0.5, 0.6) is 0 Å². The second-order valence-electron chi connectivity index (χ2n) is 8.46. The molecule has 2 N–H and O–H groups in total. The third-order valence-electron chi connectivity index (χ3n) is 6.40. The van der Waals surface area contributed by atoms with E-state index in [1.807, 2.05) is 37.3 Å². The maximum Gasteiger partial charge on any atom is 0.255 e. The first-order chi connectivity index (χ1) is 16.1. The van der Waals surface area contributed by atoms with Crippen LogP contribution >= 0.6 is 0 Å². The minimum atomic E-state index is -0.283. The van der Waals surface area contributed by atoms with Crippen LogP contribution in [-0.4, -0.2) is 15.5 Å². The van der Waals surface area contributed by atoms with Crippen LogP contribution in [0.4, 0.5) is 11.6 Å². The van der Waals surface area contributed by atoms with Crippen LogP contribution in [0.1, 0.15) is 43.5 Å². The molecule has 5 nitrogen and oxygen atoms in total. The van der Waals surface area contributed by atoms with E-state index >= 15 is 0 Å². The van der Waals surface area contributed by atoms with E-state index in [1.165, 1.54) is 11.1 Å². The van der Waals surface area contributed by atoms with Crippen molar-refractivity contribution in [3.63, 3.8) is 0 Å². The van der Waals surface area contributed by atoms with Gasteiger partial charge in [-0.1, -0.05) is 62.4 Å². The second kappa shape index (κ2) is 8.58. The van der Waals surface area contributed by atoms with Gasteiger partial charge in [0.2, 0.25) is 5.95 Å². The number of rotatable bonds is 5. The minimum Gasteiger partial charge on any atom is -0.329 e. The molecular weight excluding hydrogens is 408 g/mol. The fraction of sp³-hybridized carbons (Fsp3) is 0.214. The highest BCUT2D eigenvalue weighted by Gasteiger charge is 2.34. The molecule has 5 rings (SSSR count). The Morgan fingerprint density at radius 2 is 1.58 bits per heavy atom. The normalized spacial score (nSPS) is 15.3. The van der Waals surface area contributed by atoms with Gasteiger partial charge in [0.25, 0.3) is 5.91 Å². The van der Waals surface area contributed by atoms with Gasteiger partial charge in [0.1, 0.15) is 0 Å². The third-order valence-corrected chi connectivity index (χ3v) is 6.40. The molecule has 0 unspecified atom stereocenters.